The molecule has 0 rings (SSSR count). The first-order valence-electron chi connectivity index (χ1n) is 3.61. The number of carbonyl (C=O) groups excluding carboxylic acids is 1. The molecule has 0 spiro atoms. The molecule has 0 unspecified atom stereocenters. The van der Waals surface area contributed by atoms with E-state index in [9.17, 15) is 4.79 Å². The third-order valence-electron chi connectivity index (χ3n) is 1.00. The molecule has 0 saturated heterocycles. The average Bonchev–Trinajstić information content (AvgIpc) is 1.83. The van der Waals surface area contributed by atoms with E-state index in [1.807, 2.05) is 6.08 Å². The predicted molar refractivity (Wildman–Crippen MR) is 53.7 cm³/mol. The first kappa shape index (κ1) is 12.0. The van der Waals surface area contributed by atoms with Crippen LogP contribution < -0.4 is 0 Å². The highest BCUT2D eigenvalue weighted by Crippen LogP contribution is 2.15. The van der Waals surface area contributed by atoms with Gasteiger partial charge in [0.05, 0.1) is 6.61 Å². The van der Waals surface area contributed by atoms with Crippen molar-refractivity contribution in [1.29, 1.82) is 0 Å². The molecule has 0 fully saturated rings. The molecule has 0 N–H and O–H groups in total. The van der Waals surface area contributed by atoms with Crippen LogP contribution in [-0.2, 0) is 9.53 Å². The Morgan fingerprint density at radius 2 is 2.17 bits per heavy atom. The fraction of sp³-hybridized carbons (Fsp3) is 0.571. The van der Waals surface area contributed by atoms with Gasteiger partial charge in [-0.05, 0) is 13.0 Å². The van der Waals surface area contributed by atoms with Crippen LogP contribution in [0.15, 0.2) is 11.8 Å². The molecule has 70 valence electrons. The highest BCUT2D eigenvalue weighted by Gasteiger charge is 2.14. The molecule has 0 atom stereocenters. The minimum Gasteiger partial charge on any atom is -0.466 e. The molecule has 0 amide bonds. The van der Waals surface area contributed by atoms with Crippen molar-refractivity contribution in [2.75, 3.05) is 6.61 Å². The van der Waals surface area contributed by atoms with Gasteiger partial charge in [0.2, 0.25) is 0 Å². The molecule has 0 saturated carbocycles. The molecule has 2 nitrogen and oxygen atoms in total. The zero-order chi connectivity index (χ0) is 9.61. The molecular weight excluding hydrogens is 215 g/mol. The second-order valence-electron chi connectivity index (χ2n) is 2.49. The van der Waals surface area contributed by atoms with Gasteiger partial charge in [0.15, 0.2) is 0 Å². The lowest BCUT2D eigenvalue weighted by Crippen LogP contribution is -2.07. The Morgan fingerprint density at radius 3 is 2.58 bits per heavy atom. The molecule has 0 aromatic carbocycles. The fourth-order valence-corrected chi connectivity index (χ4v) is 1.68. The van der Waals surface area contributed by atoms with Crippen LogP contribution >= 0.6 is 22.2 Å². The van der Waals surface area contributed by atoms with Gasteiger partial charge in [-0.2, -0.15) is 0 Å². The Morgan fingerprint density at radius 1 is 1.58 bits per heavy atom. The van der Waals surface area contributed by atoms with Gasteiger partial charge < -0.3 is 4.74 Å². The number of hydrogen-bond acceptors (Lipinski definition) is 2. The summed E-state index contributed by atoms with van der Waals surface area (Å²) in [6, 6.07) is 0. The quantitative estimate of drug-likeness (QED) is 0.319. The largest absolute Gasteiger partial charge is 0.466 e. The Kier molecular flexibility index (Phi) is 5.62. The SMILES string of the molecule is CC(=O)OCC/C=C\[Si](C)(Cl)Cl. The minimum atomic E-state index is -2.11. The van der Waals surface area contributed by atoms with Crippen molar-refractivity contribution in [3.8, 4) is 0 Å². The third-order valence-corrected chi connectivity index (χ3v) is 2.58. The lowest BCUT2D eigenvalue weighted by atomic mass is 10.4. The summed E-state index contributed by atoms with van der Waals surface area (Å²) >= 11 is 11.6. The summed E-state index contributed by atoms with van der Waals surface area (Å²) in [5, 5.41) is 0. The molecule has 0 bridgehead atoms. The first-order chi connectivity index (χ1) is 5.42. The number of carbonyl (C=O) groups is 1. The monoisotopic (exact) mass is 226 g/mol. The molecular formula is C7H12Cl2O2Si. The van der Waals surface area contributed by atoms with E-state index in [2.05, 4.69) is 0 Å². The molecule has 0 aliphatic heterocycles. The van der Waals surface area contributed by atoms with Gasteiger partial charge >= 0.3 is 5.97 Å². The zero-order valence-electron chi connectivity index (χ0n) is 7.14. The van der Waals surface area contributed by atoms with Crippen LogP contribution in [0.4, 0.5) is 0 Å². The molecule has 0 aromatic heterocycles. The average molecular weight is 227 g/mol. The van der Waals surface area contributed by atoms with Crippen LogP contribution in [0.3, 0.4) is 0 Å². The summed E-state index contributed by atoms with van der Waals surface area (Å²) in [4.78, 5) is 10.3. The molecule has 5 heteroatoms. The van der Waals surface area contributed by atoms with E-state index in [0.29, 0.717) is 13.0 Å². The molecule has 0 radical (unpaired) electrons. The number of hydrogen-bond donors (Lipinski definition) is 0. The van der Waals surface area contributed by atoms with Crippen molar-refractivity contribution in [3.63, 3.8) is 0 Å². The van der Waals surface area contributed by atoms with Crippen molar-refractivity contribution in [3.05, 3.63) is 11.8 Å². The summed E-state index contributed by atoms with van der Waals surface area (Å²) in [5.74, 6) is -0.264. The van der Waals surface area contributed by atoms with Crippen molar-refractivity contribution in [2.24, 2.45) is 0 Å². The maximum Gasteiger partial charge on any atom is 0.302 e. The highest BCUT2D eigenvalue weighted by atomic mass is 35.7. The molecule has 0 aliphatic rings. The third kappa shape index (κ3) is 10.0. The van der Waals surface area contributed by atoms with Crippen LogP contribution in [0.2, 0.25) is 6.55 Å². The molecule has 0 heterocycles. The normalized spacial score (nSPS) is 12.0. The number of esters is 1. The van der Waals surface area contributed by atoms with E-state index < -0.39 is 6.69 Å². The summed E-state index contributed by atoms with van der Waals surface area (Å²) < 4.78 is 4.70. The van der Waals surface area contributed by atoms with Crippen molar-refractivity contribution in [2.45, 2.75) is 19.9 Å². The Balaban J connectivity index is 3.43. The van der Waals surface area contributed by atoms with Gasteiger partial charge in [0, 0.05) is 6.92 Å². The van der Waals surface area contributed by atoms with Crippen molar-refractivity contribution >= 4 is 34.8 Å². The Bertz CT molecular complexity index is 175. The van der Waals surface area contributed by atoms with E-state index in [1.165, 1.54) is 6.92 Å². The number of ether oxygens (including phenoxy) is 1. The van der Waals surface area contributed by atoms with E-state index in [0.717, 1.165) is 0 Å². The topological polar surface area (TPSA) is 26.3 Å². The van der Waals surface area contributed by atoms with E-state index in [4.69, 9.17) is 26.9 Å². The van der Waals surface area contributed by atoms with E-state index in [1.54, 1.807) is 12.2 Å². The molecule has 12 heavy (non-hydrogen) atoms. The van der Waals surface area contributed by atoms with Crippen molar-refractivity contribution < 1.29 is 9.53 Å². The summed E-state index contributed by atoms with van der Waals surface area (Å²) in [7, 11) is 0. The number of rotatable bonds is 4. The van der Waals surface area contributed by atoms with E-state index >= 15 is 0 Å². The molecule has 0 aliphatic carbocycles. The lowest BCUT2D eigenvalue weighted by Gasteiger charge is -2.01. The zero-order valence-corrected chi connectivity index (χ0v) is 9.65. The van der Waals surface area contributed by atoms with Crippen LogP contribution in [0, 0.1) is 0 Å². The second kappa shape index (κ2) is 5.62. The van der Waals surface area contributed by atoms with Crippen LogP contribution in [0.25, 0.3) is 0 Å². The summed E-state index contributed by atoms with van der Waals surface area (Å²) in [6.45, 7) is 1.47. The maximum absolute atomic E-state index is 10.3. The van der Waals surface area contributed by atoms with E-state index in [-0.39, 0.29) is 5.97 Å². The Hall–Kier alpha value is 0.00688. The summed E-state index contributed by atoms with van der Waals surface area (Å²) in [5.41, 5.74) is 1.79. The van der Waals surface area contributed by atoms with Gasteiger partial charge in [0.25, 0.3) is 6.69 Å². The number of halogens is 2. The van der Waals surface area contributed by atoms with Crippen molar-refractivity contribution in [1.82, 2.24) is 0 Å². The second-order valence-corrected chi connectivity index (χ2v) is 10.0. The van der Waals surface area contributed by atoms with Crippen LogP contribution in [0.1, 0.15) is 13.3 Å². The van der Waals surface area contributed by atoms with Gasteiger partial charge in [0.1, 0.15) is 0 Å². The first-order valence-corrected chi connectivity index (χ1v) is 8.21. The maximum atomic E-state index is 10.3. The minimum absolute atomic E-state index is 0.264. The van der Waals surface area contributed by atoms with Crippen LogP contribution in [-0.4, -0.2) is 19.3 Å². The van der Waals surface area contributed by atoms with Crippen LogP contribution in [0.5, 0.6) is 0 Å². The predicted octanol–water partition coefficient (Wildman–Crippen LogP) is 2.58. The van der Waals surface area contributed by atoms with Gasteiger partial charge in [-0.3, -0.25) is 4.79 Å². The highest BCUT2D eigenvalue weighted by molar-refractivity contribution is 7.47. The molecule has 0 aromatic rings. The Labute approximate surface area is 82.9 Å². The summed E-state index contributed by atoms with van der Waals surface area (Å²) in [6.07, 6.45) is 2.51. The van der Waals surface area contributed by atoms with Gasteiger partial charge in [-0.25, -0.2) is 0 Å². The fourth-order valence-electron chi connectivity index (χ4n) is 0.561. The smallest absolute Gasteiger partial charge is 0.302 e. The van der Waals surface area contributed by atoms with Gasteiger partial charge in [-0.15, -0.1) is 22.2 Å². The standard InChI is InChI=1S/C7H12Cl2O2Si/c1-7(10)11-5-3-4-6-12(2,8)9/h4,6H,3,5H2,1-2H3/b6-4-. The van der Waals surface area contributed by atoms with Gasteiger partial charge in [-0.1, -0.05) is 11.8 Å². The lowest BCUT2D eigenvalue weighted by molar-refractivity contribution is -0.140.